The summed E-state index contributed by atoms with van der Waals surface area (Å²) in [5, 5.41) is 10.1. The topological polar surface area (TPSA) is 54.4 Å². The minimum Gasteiger partial charge on any atom is -0.481 e. The highest BCUT2D eigenvalue weighted by molar-refractivity contribution is 5.97. The van der Waals surface area contributed by atoms with Crippen LogP contribution in [0.15, 0.2) is 11.1 Å². The second-order valence-electron chi connectivity index (χ2n) is 15.1. The van der Waals surface area contributed by atoms with Crippen LogP contribution in [0.25, 0.3) is 0 Å². The van der Waals surface area contributed by atoms with E-state index in [1.165, 1.54) is 44.1 Å². The van der Waals surface area contributed by atoms with Crippen LogP contribution in [0.4, 0.5) is 0 Å². The summed E-state index contributed by atoms with van der Waals surface area (Å²) in [5.74, 6) is 1.28. The molecule has 5 aliphatic carbocycles. The summed E-state index contributed by atoms with van der Waals surface area (Å²) in [6, 6.07) is 0. The Hall–Kier alpha value is -1.12. The maximum atomic E-state index is 13.1. The molecule has 0 aromatic rings. The van der Waals surface area contributed by atoms with Crippen molar-refractivity contribution in [3.8, 4) is 0 Å². The number of carbonyl (C=O) groups is 2. The quantitative estimate of drug-likeness (QED) is 0.426. The fourth-order valence-electron chi connectivity index (χ4n) is 11.0. The zero-order valence-corrected chi connectivity index (χ0v) is 23.1. The first-order chi connectivity index (χ1) is 15.6. The number of hydrogen-bond donors (Lipinski definition) is 1. The van der Waals surface area contributed by atoms with Crippen LogP contribution in [0, 0.1) is 50.2 Å². The summed E-state index contributed by atoms with van der Waals surface area (Å²) in [6.07, 6.45) is 10.7. The van der Waals surface area contributed by atoms with Crippen molar-refractivity contribution in [3.05, 3.63) is 11.1 Å². The maximum absolute atomic E-state index is 13.1. The van der Waals surface area contributed by atoms with Crippen molar-refractivity contribution in [2.45, 2.75) is 120 Å². The summed E-state index contributed by atoms with van der Waals surface area (Å²) in [7, 11) is 0. The average molecular weight is 469 g/mol. The number of aliphatic carboxylic acids is 1. The van der Waals surface area contributed by atoms with Crippen LogP contribution in [0.1, 0.15) is 120 Å². The molecule has 190 valence electrons. The molecule has 0 unspecified atom stereocenters. The molecule has 5 aliphatic rings. The molecule has 4 saturated carbocycles. The number of hydrogen-bond acceptors (Lipinski definition) is 2. The summed E-state index contributed by atoms with van der Waals surface area (Å²) in [6.45, 7) is 18.9. The van der Waals surface area contributed by atoms with Crippen molar-refractivity contribution >= 4 is 11.8 Å². The van der Waals surface area contributed by atoms with E-state index in [0.29, 0.717) is 23.5 Å². The predicted octanol–water partition coefficient (Wildman–Crippen LogP) is 7.83. The van der Waals surface area contributed by atoms with Crippen LogP contribution < -0.4 is 0 Å². The van der Waals surface area contributed by atoms with Crippen LogP contribution in [0.3, 0.4) is 0 Å². The summed E-state index contributed by atoms with van der Waals surface area (Å²) in [5.41, 5.74) is 2.73. The Morgan fingerprint density at radius 1 is 0.794 bits per heavy atom. The standard InChI is InChI=1S/C31H48O3/c1-19-20(2)28(5)10-9-22-29(6,23(28)17-21(19)32)14-16-31(8)24-18-27(4,25(33)34)12-11-26(24,3)13-15-30(22,31)7/h22-24H,9-18H2,1-8H3,(H,33,34)/t22-,23-,24+,26+,27+,28+,29+,30+,31-/m0/s1. The lowest BCUT2D eigenvalue weighted by atomic mass is 9.30. The van der Waals surface area contributed by atoms with Crippen molar-refractivity contribution in [1.29, 1.82) is 0 Å². The Morgan fingerprint density at radius 2 is 1.38 bits per heavy atom. The van der Waals surface area contributed by atoms with E-state index in [2.05, 4.69) is 48.5 Å². The fourth-order valence-corrected chi connectivity index (χ4v) is 11.0. The first-order valence-corrected chi connectivity index (χ1v) is 14.0. The van der Waals surface area contributed by atoms with Crippen molar-refractivity contribution < 1.29 is 14.7 Å². The van der Waals surface area contributed by atoms with Gasteiger partial charge in [-0.15, -0.1) is 0 Å². The van der Waals surface area contributed by atoms with Crippen LogP contribution in [0.5, 0.6) is 0 Å². The van der Waals surface area contributed by atoms with Gasteiger partial charge in [0.05, 0.1) is 5.41 Å². The van der Waals surface area contributed by atoms with Crippen molar-refractivity contribution in [2.75, 3.05) is 0 Å². The van der Waals surface area contributed by atoms with Gasteiger partial charge in [0.1, 0.15) is 0 Å². The maximum Gasteiger partial charge on any atom is 0.309 e. The molecule has 34 heavy (non-hydrogen) atoms. The van der Waals surface area contributed by atoms with Crippen molar-refractivity contribution in [1.82, 2.24) is 0 Å². The van der Waals surface area contributed by atoms with Gasteiger partial charge < -0.3 is 5.11 Å². The molecule has 0 amide bonds. The highest BCUT2D eigenvalue weighted by atomic mass is 16.4. The lowest BCUT2D eigenvalue weighted by molar-refractivity contribution is -0.249. The van der Waals surface area contributed by atoms with Gasteiger partial charge in [-0.25, -0.2) is 0 Å². The molecule has 3 nitrogen and oxygen atoms in total. The lowest BCUT2D eigenvalue weighted by Gasteiger charge is -2.74. The average Bonchev–Trinajstić information content (AvgIpc) is 2.77. The molecular weight excluding hydrogens is 420 g/mol. The van der Waals surface area contributed by atoms with Gasteiger partial charge in [-0.3, -0.25) is 9.59 Å². The van der Waals surface area contributed by atoms with Crippen LogP contribution in [-0.2, 0) is 9.59 Å². The Morgan fingerprint density at radius 3 is 2.03 bits per heavy atom. The second kappa shape index (κ2) is 7.00. The molecule has 4 fully saturated rings. The van der Waals surface area contributed by atoms with Crippen LogP contribution >= 0.6 is 0 Å². The van der Waals surface area contributed by atoms with E-state index in [4.69, 9.17) is 0 Å². The zero-order valence-electron chi connectivity index (χ0n) is 23.1. The van der Waals surface area contributed by atoms with Crippen LogP contribution in [0.2, 0.25) is 0 Å². The Bertz CT molecular complexity index is 979. The normalized spacial score (nSPS) is 55.1. The smallest absolute Gasteiger partial charge is 0.309 e. The van der Waals surface area contributed by atoms with E-state index in [1.54, 1.807) is 0 Å². The van der Waals surface area contributed by atoms with Crippen molar-refractivity contribution in [2.24, 2.45) is 50.2 Å². The molecule has 1 N–H and O–H groups in total. The third kappa shape index (κ3) is 2.76. The number of carbonyl (C=O) groups excluding carboxylic acids is 1. The first kappa shape index (κ1) is 24.6. The first-order valence-electron chi connectivity index (χ1n) is 14.0. The summed E-state index contributed by atoms with van der Waals surface area (Å²) >= 11 is 0. The molecule has 3 heteroatoms. The zero-order chi connectivity index (χ0) is 25.1. The largest absolute Gasteiger partial charge is 0.481 e. The number of carboxylic acid groups (broad SMARTS) is 1. The number of allylic oxidation sites excluding steroid dienone is 2. The summed E-state index contributed by atoms with van der Waals surface area (Å²) < 4.78 is 0. The molecule has 0 aromatic heterocycles. The predicted molar refractivity (Wildman–Crippen MR) is 136 cm³/mol. The molecule has 0 aromatic carbocycles. The van der Waals surface area contributed by atoms with Gasteiger partial charge in [-0.1, -0.05) is 40.2 Å². The highest BCUT2D eigenvalue weighted by Gasteiger charge is 2.71. The lowest BCUT2D eigenvalue weighted by Crippen LogP contribution is -2.67. The SMILES string of the molecule is CC1=C(C)[C@@]2(C)CC[C@H]3[C@@](C)(CC[C@@]4(C)[C@@H]5C[C@](C)(C(=O)O)CC[C@]5(C)CC[C@]34C)[C@H]2CC1=O. The minimum absolute atomic E-state index is 0.142. The molecule has 0 saturated heterocycles. The number of fused-ring (bicyclic) bond motifs is 7. The number of rotatable bonds is 1. The monoisotopic (exact) mass is 468 g/mol. The fraction of sp³-hybridized carbons (Fsp3) is 0.871. The van der Waals surface area contributed by atoms with Crippen molar-refractivity contribution in [3.63, 3.8) is 0 Å². The molecule has 0 heterocycles. The Labute approximate surface area is 207 Å². The summed E-state index contributed by atoms with van der Waals surface area (Å²) in [4.78, 5) is 25.4. The Balaban J connectivity index is 1.57. The van der Waals surface area contributed by atoms with Crippen LogP contribution in [-0.4, -0.2) is 16.9 Å². The van der Waals surface area contributed by atoms with Gasteiger partial charge in [0, 0.05) is 6.42 Å². The van der Waals surface area contributed by atoms with E-state index in [0.717, 1.165) is 31.3 Å². The van der Waals surface area contributed by atoms with E-state index in [9.17, 15) is 14.7 Å². The highest BCUT2D eigenvalue weighted by Crippen LogP contribution is 2.78. The van der Waals surface area contributed by atoms with E-state index in [1.807, 2.05) is 6.92 Å². The third-order valence-electron chi connectivity index (χ3n) is 14.0. The van der Waals surface area contributed by atoms with Gasteiger partial charge in [0.25, 0.3) is 0 Å². The molecule has 0 spiro atoms. The number of ketones is 1. The molecule has 0 radical (unpaired) electrons. The molecule has 0 bridgehead atoms. The van der Waals surface area contributed by atoms with E-state index in [-0.39, 0.29) is 27.1 Å². The Kier molecular flexibility index (Phi) is 5.06. The second-order valence-corrected chi connectivity index (χ2v) is 15.1. The third-order valence-corrected chi connectivity index (χ3v) is 14.0. The van der Waals surface area contributed by atoms with E-state index >= 15 is 0 Å². The number of Topliss-reactive ketones (excluding diaryl/α,β-unsaturated/α-hetero) is 1. The van der Waals surface area contributed by atoms with Gasteiger partial charge in [-0.2, -0.15) is 0 Å². The van der Waals surface area contributed by atoms with E-state index < -0.39 is 11.4 Å². The minimum atomic E-state index is -0.599. The van der Waals surface area contributed by atoms with Gasteiger partial charge in [0.2, 0.25) is 0 Å². The molecule has 5 rings (SSSR count). The molecule has 9 atom stereocenters. The molecule has 0 aliphatic heterocycles. The van der Waals surface area contributed by atoms with Gasteiger partial charge >= 0.3 is 5.97 Å². The number of carboxylic acids is 1. The van der Waals surface area contributed by atoms with Gasteiger partial charge in [0.15, 0.2) is 5.78 Å². The molecular formula is C31H48O3. The van der Waals surface area contributed by atoms with Gasteiger partial charge in [-0.05, 0) is 129 Å².